The van der Waals surface area contributed by atoms with Crippen LogP contribution in [0.3, 0.4) is 0 Å². The summed E-state index contributed by atoms with van der Waals surface area (Å²) in [7, 11) is 1.64. The van der Waals surface area contributed by atoms with Crippen LogP contribution >= 0.6 is 0 Å². The fourth-order valence-electron chi connectivity index (χ4n) is 2.65. The lowest BCUT2D eigenvalue weighted by Gasteiger charge is -2.30. The van der Waals surface area contributed by atoms with E-state index in [1.165, 1.54) is 6.42 Å². The number of carbonyl (C=O) groups is 2. The number of carbonyl (C=O) groups excluding carboxylic acids is 2. The Hall–Kier alpha value is -1.10. The van der Waals surface area contributed by atoms with Crippen LogP contribution in [-0.2, 0) is 14.3 Å². The lowest BCUT2D eigenvalue weighted by atomic mass is 10.0. The Kier molecular flexibility index (Phi) is 4.80. The second-order valence-electron chi connectivity index (χ2n) is 5.54. The van der Waals surface area contributed by atoms with Gasteiger partial charge in [-0.2, -0.15) is 0 Å². The molecule has 2 fully saturated rings. The Morgan fingerprint density at radius 2 is 1.89 bits per heavy atom. The van der Waals surface area contributed by atoms with Crippen LogP contribution < -0.4 is 5.32 Å². The molecular formula is C14H24N2O3. The Morgan fingerprint density at radius 3 is 2.47 bits per heavy atom. The highest BCUT2D eigenvalue weighted by atomic mass is 16.5. The van der Waals surface area contributed by atoms with E-state index in [1.54, 1.807) is 7.11 Å². The summed E-state index contributed by atoms with van der Waals surface area (Å²) in [6.45, 7) is 2.85. The zero-order chi connectivity index (χ0) is 13.7. The number of nitrogens with one attached hydrogen (secondary N) is 1. The number of rotatable bonds is 6. The number of amides is 2. The van der Waals surface area contributed by atoms with Gasteiger partial charge >= 0.3 is 0 Å². The molecule has 0 atom stereocenters. The van der Waals surface area contributed by atoms with Crippen LogP contribution in [0.25, 0.3) is 0 Å². The molecule has 0 spiro atoms. The Morgan fingerprint density at radius 1 is 1.21 bits per heavy atom. The molecular weight excluding hydrogens is 244 g/mol. The van der Waals surface area contributed by atoms with E-state index in [1.807, 2.05) is 4.90 Å². The Labute approximate surface area is 114 Å². The minimum absolute atomic E-state index is 0.0523. The minimum Gasteiger partial charge on any atom is -0.385 e. The first-order valence-electron chi connectivity index (χ1n) is 7.27. The first-order chi connectivity index (χ1) is 9.20. The van der Waals surface area contributed by atoms with Gasteiger partial charge in [0.25, 0.3) is 0 Å². The average molecular weight is 268 g/mol. The second kappa shape index (κ2) is 6.37. The van der Waals surface area contributed by atoms with Crippen LogP contribution in [0.1, 0.15) is 38.5 Å². The molecule has 108 valence electrons. The van der Waals surface area contributed by atoms with Crippen LogP contribution in [0, 0.1) is 5.41 Å². The molecule has 0 unspecified atom stereocenters. The van der Waals surface area contributed by atoms with Gasteiger partial charge in [-0.3, -0.25) is 9.59 Å². The number of hydrogen-bond acceptors (Lipinski definition) is 3. The molecule has 5 heteroatoms. The van der Waals surface area contributed by atoms with Gasteiger partial charge < -0.3 is 15.0 Å². The maximum atomic E-state index is 12.5. The Balaban J connectivity index is 1.83. The topological polar surface area (TPSA) is 58.6 Å². The van der Waals surface area contributed by atoms with Gasteiger partial charge in [0.1, 0.15) is 5.41 Å². The maximum absolute atomic E-state index is 12.5. The highest BCUT2D eigenvalue weighted by Crippen LogP contribution is 2.47. The van der Waals surface area contributed by atoms with Crippen molar-refractivity contribution in [2.45, 2.75) is 38.5 Å². The molecule has 0 aromatic carbocycles. The van der Waals surface area contributed by atoms with Crippen molar-refractivity contribution in [1.29, 1.82) is 0 Å². The van der Waals surface area contributed by atoms with Crippen LogP contribution in [0.4, 0.5) is 0 Å². The predicted molar refractivity (Wildman–Crippen MR) is 71.6 cm³/mol. The monoisotopic (exact) mass is 268 g/mol. The zero-order valence-corrected chi connectivity index (χ0v) is 11.7. The summed E-state index contributed by atoms with van der Waals surface area (Å²) in [5.74, 6) is -0.0318. The van der Waals surface area contributed by atoms with Gasteiger partial charge in [-0.05, 0) is 38.5 Å². The van der Waals surface area contributed by atoms with E-state index in [9.17, 15) is 9.59 Å². The molecule has 0 aromatic heterocycles. The van der Waals surface area contributed by atoms with Crippen molar-refractivity contribution in [1.82, 2.24) is 10.2 Å². The van der Waals surface area contributed by atoms with Crippen LogP contribution in [0.2, 0.25) is 0 Å². The quantitative estimate of drug-likeness (QED) is 0.576. The van der Waals surface area contributed by atoms with E-state index in [-0.39, 0.29) is 11.8 Å². The number of nitrogens with zero attached hydrogens (tertiary/aromatic N) is 1. The summed E-state index contributed by atoms with van der Waals surface area (Å²) in [5, 5.41) is 2.87. The number of methoxy groups -OCH3 is 1. The fraction of sp³-hybridized carbons (Fsp3) is 0.857. The molecule has 19 heavy (non-hydrogen) atoms. The number of piperidine rings is 1. The summed E-state index contributed by atoms with van der Waals surface area (Å²) in [4.78, 5) is 26.5. The fourth-order valence-corrected chi connectivity index (χ4v) is 2.65. The van der Waals surface area contributed by atoms with E-state index < -0.39 is 5.41 Å². The van der Waals surface area contributed by atoms with Gasteiger partial charge in [0.05, 0.1) is 0 Å². The smallest absolute Gasteiger partial charge is 0.238 e. The first-order valence-corrected chi connectivity index (χ1v) is 7.27. The van der Waals surface area contributed by atoms with Crippen molar-refractivity contribution >= 4 is 11.8 Å². The molecule has 1 N–H and O–H groups in total. The normalized spacial score (nSPS) is 21.0. The molecule has 1 aliphatic heterocycles. The first kappa shape index (κ1) is 14.3. The van der Waals surface area contributed by atoms with Gasteiger partial charge in [-0.25, -0.2) is 0 Å². The van der Waals surface area contributed by atoms with E-state index in [0.29, 0.717) is 26.0 Å². The van der Waals surface area contributed by atoms with Crippen molar-refractivity contribution in [2.24, 2.45) is 5.41 Å². The second-order valence-corrected chi connectivity index (χ2v) is 5.54. The van der Waals surface area contributed by atoms with Gasteiger partial charge in [0.15, 0.2) is 0 Å². The predicted octanol–water partition coefficient (Wildman–Crippen LogP) is 0.932. The summed E-state index contributed by atoms with van der Waals surface area (Å²) in [6, 6.07) is 0. The molecule has 5 nitrogen and oxygen atoms in total. The molecule has 1 saturated heterocycles. The van der Waals surface area contributed by atoms with Crippen molar-refractivity contribution in [2.75, 3.05) is 33.4 Å². The maximum Gasteiger partial charge on any atom is 0.238 e. The van der Waals surface area contributed by atoms with Crippen molar-refractivity contribution in [3.05, 3.63) is 0 Å². The molecule has 0 aromatic rings. The Bertz CT molecular complexity index is 334. The molecule has 1 heterocycles. The largest absolute Gasteiger partial charge is 0.385 e. The van der Waals surface area contributed by atoms with Gasteiger partial charge in [0.2, 0.25) is 11.8 Å². The molecule has 0 radical (unpaired) electrons. The van der Waals surface area contributed by atoms with E-state index in [4.69, 9.17) is 4.74 Å². The summed E-state index contributed by atoms with van der Waals surface area (Å²) >= 11 is 0. The average Bonchev–Trinajstić information content (AvgIpc) is 3.25. The zero-order valence-electron chi connectivity index (χ0n) is 11.7. The van der Waals surface area contributed by atoms with Crippen LogP contribution in [0.5, 0.6) is 0 Å². The number of ether oxygens (including phenoxy) is 1. The lowest BCUT2D eigenvalue weighted by Crippen LogP contribution is -2.47. The standard InChI is InChI=1S/C14H24N2O3/c1-19-11-5-8-15-12(17)14(6-7-14)13(18)16-9-3-2-4-10-16/h2-11H2,1H3,(H,15,17). The third kappa shape index (κ3) is 3.26. The van der Waals surface area contributed by atoms with Crippen molar-refractivity contribution in [3.63, 3.8) is 0 Å². The van der Waals surface area contributed by atoms with E-state index >= 15 is 0 Å². The van der Waals surface area contributed by atoms with Crippen molar-refractivity contribution in [3.8, 4) is 0 Å². The lowest BCUT2D eigenvalue weighted by molar-refractivity contribution is -0.144. The molecule has 2 amide bonds. The van der Waals surface area contributed by atoms with Crippen molar-refractivity contribution < 1.29 is 14.3 Å². The molecule has 1 aliphatic carbocycles. The molecule has 2 aliphatic rings. The van der Waals surface area contributed by atoms with Gasteiger partial charge in [-0.15, -0.1) is 0 Å². The van der Waals surface area contributed by atoms with Crippen LogP contribution in [-0.4, -0.2) is 50.1 Å². The van der Waals surface area contributed by atoms with E-state index in [2.05, 4.69) is 5.32 Å². The third-order valence-electron chi connectivity index (χ3n) is 4.05. The SMILES string of the molecule is COCCCNC(=O)C1(C(=O)N2CCCCC2)CC1. The minimum atomic E-state index is -0.732. The molecule has 2 rings (SSSR count). The van der Waals surface area contributed by atoms with E-state index in [0.717, 1.165) is 32.4 Å². The molecule has 0 bridgehead atoms. The number of hydrogen-bond donors (Lipinski definition) is 1. The summed E-state index contributed by atoms with van der Waals surface area (Å²) in [6.07, 6.45) is 5.53. The summed E-state index contributed by atoms with van der Waals surface area (Å²) < 4.78 is 4.94. The summed E-state index contributed by atoms with van der Waals surface area (Å²) in [5.41, 5.74) is -0.732. The van der Waals surface area contributed by atoms with Gasteiger partial charge in [0, 0.05) is 33.4 Å². The molecule has 1 saturated carbocycles. The van der Waals surface area contributed by atoms with Gasteiger partial charge in [-0.1, -0.05) is 0 Å². The number of likely N-dealkylation sites (tertiary alicyclic amines) is 1. The highest BCUT2D eigenvalue weighted by Gasteiger charge is 2.57. The third-order valence-corrected chi connectivity index (χ3v) is 4.05. The highest BCUT2D eigenvalue weighted by molar-refractivity contribution is 6.07. The van der Waals surface area contributed by atoms with Crippen LogP contribution in [0.15, 0.2) is 0 Å².